The lowest BCUT2D eigenvalue weighted by Gasteiger charge is -2.10. The molecule has 0 unspecified atom stereocenters. The van der Waals surface area contributed by atoms with Crippen LogP contribution in [0.25, 0.3) is 11.0 Å². The van der Waals surface area contributed by atoms with Crippen LogP contribution in [-0.4, -0.2) is 9.97 Å². The smallest absolute Gasteiger partial charge is 0.0890 e. The Kier molecular flexibility index (Phi) is 16.8. The van der Waals surface area contributed by atoms with Gasteiger partial charge in [-0.25, -0.2) is 9.97 Å². The minimum atomic E-state index is 1.07. The van der Waals surface area contributed by atoms with Gasteiger partial charge in [-0.2, -0.15) is 0 Å². The highest BCUT2D eigenvalue weighted by molar-refractivity contribution is 5.74. The molecule has 1 aromatic heterocycles. The van der Waals surface area contributed by atoms with E-state index in [0.29, 0.717) is 0 Å². The van der Waals surface area contributed by atoms with Crippen LogP contribution in [0, 0.1) is 0 Å². The van der Waals surface area contributed by atoms with Crippen molar-refractivity contribution in [3.63, 3.8) is 0 Å². The first kappa shape index (κ1) is 28.8. The summed E-state index contributed by atoms with van der Waals surface area (Å²) in [4.78, 5) is 10.1. The summed E-state index contributed by atoms with van der Waals surface area (Å²) >= 11 is 0. The molecule has 1 heterocycles. The minimum Gasteiger partial charge on any atom is -0.249 e. The van der Waals surface area contributed by atoms with E-state index in [0.717, 1.165) is 23.9 Å². The largest absolute Gasteiger partial charge is 0.249 e. The maximum Gasteiger partial charge on any atom is 0.0890 e. The zero-order valence-electron chi connectivity index (χ0n) is 22.8. The van der Waals surface area contributed by atoms with Gasteiger partial charge in [0.15, 0.2) is 0 Å². The minimum absolute atomic E-state index is 1.07. The van der Waals surface area contributed by atoms with Crippen molar-refractivity contribution in [1.82, 2.24) is 9.97 Å². The number of rotatable bonds is 22. The maximum absolute atomic E-state index is 5.05. The molecule has 2 rings (SSSR count). The van der Waals surface area contributed by atoms with Crippen LogP contribution in [0.3, 0.4) is 0 Å². The van der Waals surface area contributed by atoms with Gasteiger partial charge in [0.25, 0.3) is 0 Å². The lowest BCUT2D eigenvalue weighted by Crippen LogP contribution is -2.03. The Hall–Kier alpha value is -1.44. The average Bonchev–Trinajstić information content (AvgIpc) is 2.86. The topological polar surface area (TPSA) is 25.8 Å². The van der Waals surface area contributed by atoms with E-state index in [4.69, 9.17) is 9.97 Å². The standard InChI is InChI=1S/C32H54N2/c1-3-5-7-9-11-13-15-17-19-21-25-29-30(34-32-28-24-23-27-31(32)33-29)26-22-20-18-16-14-12-10-8-6-4-2/h23-24,27-28H,3-22,25-26H2,1-2H3. The summed E-state index contributed by atoms with van der Waals surface area (Å²) in [5.41, 5.74) is 4.68. The predicted molar refractivity (Wildman–Crippen MR) is 151 cm³/mol. The number of aryl methyl sites for hydroxylation is 2. The Morgan fingerprint density at radius 2 is 0.706 bits per heavy atom. The number of benzene rings is 1. The SMILES string of the molecule is CCCCCCCCCCCCc1nc2ccccc2nc1CCCCCCCCCCCC. The van der Waals surface area contributed by atoms with Gasteiger partial charge in [-0.15, -0.1) is 0 Å². The van der Waals surface area contributed by atoms with Crippen molar-refractivity contribution in [1.29, 1.82) is 0 Å². The molecule has 0 spiro atoms. The van der Waals surface area contributed by atoms with Gasteiger partial charge in [0.2, 0.25) is 0 Å². The Morgan fingerprint density at radius 3 is 1.03 bits per heavy atom. The molecule has 0 aliphatic heterocycles. The van der Waals surface area contributed by atoms with Crippen molar-refractivity contribution in [2.75, 3.05) is 0 Å². The molecule has 0 radical (unpaired) electrons. The van der Waals surface area contributed by atoms with Crippen LogP contribution in [-0.2, 0) is 12.8 Å². The van der Waals surface area contributed by atoms with Gasteiger partial charge in [-0.3, -0.25) is 0 Å². The van der Waals surface area contributed by atoms with Crippen molar-refractivity contribution in [3.05, 3.63) is 35.7 Å². The highest BCUT2D eigenvalue weighted by Crippen LogP contribution is 2.19. The lowest BCUT2D eigenvalue weighted by atomic mass is 10.0. The number of aromatic nitrogens is 2. The van der Waals surface area contributed by atoms with E-state index in [1.165, 1.54) is 140 Å². The molecule has 2 heteroatoms. The molecule has 1 aromatic carbocycles. The molecule has 0 amide bonds. The Bertz CT molecular complexity index is 676. The van der Waals surface area contributed by atoms with E-state index in [1.54, 1.807) is 0 Å². The maximum atomic E-state index is 5.05. The quantitative estimate of drug-likeness (QED) is 0.161. The van der Waals surface area contributed by atoms with E-state index >= 15 is 0 Å². The highest BCUT2D eigenvalue weighted by Gasteiger charge is 2.09. The highest BCUT2D eigenvalue weighted by atomic mass is 14.8. The molecule has 2 aromatic rings. The number of para-hydroxylation sites is 2. The third-order valence-electron chi connectivity index (χ3n) is 7.26. The van der Waals surface area contributed by atoms with E-state index in [1.807, 2.05) is 0 Å². The summed E-state index contributed by atoms with van der Waals surface area (Å²) in [6.45, 7) is 4.59. The summed E-state index contributed by atoms with van der Waals surface area (Å²) in [6.07, 6.45) is 29.9. The summed E-state index contributed by atoms with van der Waals surface area (Å²) in [7, 11) is 0. The average molecular weight is 467 g/mol. The first-order chi connectivity index (χ1) is 16.8. The fourth-order valence-corrected chi connectivity index (χ4v) is 5.03. The predicted octanol–water partition coefficient (Wildman–Crippen LogP) is 10.6. The first-order valence-electron chi connectivity index (χ1n) is 15.1. The van der Waals surface area contributed by atoms with Crippen LogP contribution in [0.4, 0.5) is 0 Å². The van der Waals surface area contributed by atoms with E-state index in [9.17, 15) is 0 Å². The van der Waals surface area contributed by atoms with Crippen molar-refractivity contribution in [2.45, 2.75) is 155 Å². The third kappa shape index (κ3) is 12.9. The Labute approximate surface area is 211 Å². The van der Waals surface area contributed by atoms with Gasteiger partial charge in [0.05, 0.1) is 22.4 Å². The van der Waals surface area contributed by atoms with Gasteiger partial charge in [0.1, 0.15) is 0 Å². The molecule has 192 valence electrons. The van der Waals surface area contributed by atoms with E-state index in [-0.39, 0.29) is 0 Å². The number of hydrogen-bond acceptors (Lipinski definition) is 2. The summed E-state index contributed by atoms with van der Waals surface area (Å²) in [6, 6.07) is 8.41. The van der Waals surface area contributed by atoms with Crippen LogP contribution in [0.5, 0.6) is 0 Å². The molecule has 0 atom stereocenters. The molecule has 0 aliphatic rings. The van der Waals surface area contributed by atoms with Crippen LogP contribution < -0.4 is 0 Å². The zero-order valence-corrected chi connectivity index (χ0v) is 22.8. The molecule has 34 heavy (non-hydrogen) atoms. The number of fused-ring (bicyclic) bond motifs is 1. The van der Waals surface area contributed by atoms with Crippen molar-refractivity contribution >= 4 is 11.0 Å². The summed E-state index contributed by atoms with van der Waals surface area (Å²) in [5.74, 6) is 0. The van der Waals surface area contributed by atoms with Crippen LogP contribution in [0.1, 0.15) is 154 Å². The van der Waals surface area contributed by atoms with E-state index < -0.39 is 0 Å². The fraction of sp³-hybridized carbons (Fsp3) is 0.750. The molecule has 0 N–H and O–H groups in total. The second-order valence-corrected chi connectivity index (χ2v) is 10.5. The first-order valence-corrected chi connectivity index (χ1v) is 15.1. The monoisotopic (exact) mass is 466 g/mol. The molecule has 2 nitrogen and oxygen atoms in total. The van der Waals surface area contributed by atoms with Crippen molar-refractivity contribution in [2.24, 2.45) is 0 Å². The normalized spacial score (nSPS) is 11.5. The summed E-state index contributed by atoms with van der Waals surface area (Å²) < 4.78 is 0. The van der Waals surface area contributed by atoms with Crippen LogP contribution in [0.2, 0.25) is 0 Å². The van der Waals surface area contributed by atoms with E-state index in [2.05, 4.69) is 38.1 Å². The molecule has 0 bridgehead atoms. The number of hydrogen-bond donors (Lipinski definition) is 0. The van der Waals surface area contributed by atoms with Gasteiger partial charge in [-0.05, 0) is 37.8 Å². The zero-order chi connectivity index (χ0) is 24.1. The van der Waals surface area contributed by atoms with Crippen LogP contribution in [0.15, 0.2) is 24.3 Å². The van der Waals surface area contributed by atoms with Gasteiger partial charge >= 0.3 is 0 Å². The lowest BCUT2D eigenvalue weighted by molar-refractivity contribution is 0.551. The van der Waals surface area contributed by atoms with Crippen molar-refractivity contribution < 1.29 is 0 Å². The molecule has 0 fully saturated rings. The van der Waals surface area contributed by atoms with Gasteiger partial charge in [-0.1, -0.05) is 142 Å². The summed E-state index contributed by atoms with van der Waals surface area (Å²) in [5, 5.41) is 0. The van der Waals surface area contributed by atoms with Crippen LogP contribution >= 0.6 is 0 Å². The Balaban J connectivity index is 1.67. The number of nitrogens with zero attached hydrogens (tertiary/aromatic N) is 2. The second-order valence-electron chi connectivity index (χ2n) is 10.5. The van der Waals surface area contributed by atoms with Gasteiger partial charge in [0, 0.05) is 0 Å². The third-order valence-corrected chi connectivity index (χ3v) is 7.26. The van der Waals surface area contributed by atoms with Crippen molar-refractivity contribution in [3.8, 4) is 0 Å². The fourth-order valence-electron chi connectivity index (χ4n) is 5.03. The molecular formula is C32H54N2. The van der Waals surface area contributed by atoms with Gasteiger partial charge < -0.3 is 0 Å². The number of unbranched alkanes of at least 4 members (excludes halogenated alkanes) is 18. The molecular weight excluding hydrogens is 412 g/mol. The molecule has 0 saturated heterocycles. The molecule has 0 saturated carbocycles. The molecule has 0 aliphatic carbocycles. The Morgan fingerprint density at radius 1 is 0.412 bits per heavy atom. The second kappa shape index (κ2) is 19.8.